The van der Waals surface area contributed by atoms with Gasteiger partial charge in [0.25, 0.3) is 0 Å². The van der Waals surface area contributed by atoms with Gasteiger partial charge in [-0.1, -0.05) is 35.5 Å². The first-order chi connectivity index (χ1) is 12.7. The zero-order valence-corrected chi connectivity index (χ0v) is 18.6. The molecule has 2 aromatic heterocycles. The molecular formula is C19H24IN5OS. The van der Waals surface area contributed by atoms with E-state index in [1.54, 1.807) is 11.3 Å². The molecule has 0 bridgehead atoms. The van der Waals surface area contributed by atoms with Crippen molar-refractivity contribution in [3.8, 4) is 11.3 Å². The van der Waals surface area contributed by atoms with Crippen LogP contribution < -0.4 is 10.6 Å². The van der Waals surface area contributed by atoms with E-state index in [-0.39, 0.29) is 24.0 Å². The Morgan fingerprint density at radius 3 is 2.74 bits per heavy atom. The highest BCUT2D eigenvalue weighted by Gasteiger charge is 2.06. The van der Waals surface area contributed by atoms with Crippen LogP contribution in [0.4, 0.5) is 0 Å². The zero-order chi connectivity index (χ0) is 18.2. The van der Waals surface area contributed by atoms with Crippen molar-refractivity contribution in [2.75, 3.05) is 13.1 Å². The number of halogens is 1. The summed E-state index contributed by atoms with van der Waals surface area (Å²) < 4.78 is 5.42. The summed E-state index contributed by atoms with van der Waals surface area (Å²) in [5.41, 5.74) is 1.82. The molecule has 0 aliphatic heterocycles. The van der Waals surface area contributed by atoms with Gasteiger partial charge in [-0.2, -0.15) is 0 Å². The molecule has 6 nitrogen and oxygen atoms in total. The Hall–Kier alpha value is -1.94. The van der Waals surface area contributed by atoms with Gasteiger partial charge in [-0.05, 0) is 13.8 Å². The second-order valence-corrected chi connectivity index (χ2v) is 7.10. The van der Waals surface area contributed by atoms with E-state index in [1.807, 2.05) is 49.5 Å². The van der Waals surface area contributed by atoms with Crippen molar-refractivity contribution in [2.24, 2.45) is 4.99 Å². The first-order valence-electron chi connectivity index (χ1n) is 8.69. The highest BCUT2D eigenvalue weighted by Crippen LogP contribution is 2.19. The van der Waals surface area contributed by atoms with Crippen molar-refractivity contribution in [1.82, 2.24) is 20.8 Å². The van der Waals surface area contributed by atoms with Crippen LogP contribution in [-0.2, 0) is 13.0 Å². The van der Waals surface area contributed by atoms with Crippen molar-refractivity contribution in [3.05, 3.63) is 58.2 Å². The van der Waals surface area contributed by atoms with Gasteiger partial charge in [0.1, 0.15) is 5.69 Å². The minimum Gasteiger partial charge on any atom is -0.357 e. The van der Waals surface area contributed by atoms with Gasteiger partial charge in [-0.15, -0.1) is 35.3 Å². The van der Waals surface area contributed by atoms with E-state index in [9.17, 15) is 0 Å². The molecule has 0 saturated heterocycles. The van der Waals surface area contributed by atoms with Crippen LogP contribution in [0.1, 0.15) is 22.5 Å². The minimum absolute atomic E-state index is 0. The number of nitrogens with one attached hydrogen (secondary N) is 2. The number of nitrogens with zero attached hydrogens (tertiary/aromatic N) is 3. The molecule has 0 atom stereocenters. The summed E-state index contributed by atoms with van der Waals surface area (Å²) in [7, 11) is 0. The minimum atomic E-state index is 0. The fourth-order valence-corrected chi connectivity index (χ4v) is 3.22. The topological polar surface area (TPSA) is 75.3 Å². The van der Waals surface area contributed by atoms with Crippen molar-refractivity contribution in [3.63, 3.8) is 0 Å². The maximum Gasteiger partial charge on any atom is 0.191 e. The van der Waals surface area contributed by atoms with Gasteiger partial charge in [-0.25, -0.2) is 9.98 Å². The van der Waals surface area contributed by atoms with Crippen LogP contribution in [0.15, 0.2) is 52.1 Å². The van der Waals surface area contributed by atoms with Crippen molar-refractivity contribution in [1.29, 1.82) is 0 Å². The molecule has 0 spiro atoms. The molecule has 144 valence electrons. The van der Waals surface area contributed by atoms with Crippen LogP contribution in [0.2, 0.25) is 0 Å². The maximum absolute atomic E-state index is 5.42. The summed E-state index contributed by atoms with van der Waals surface area (Å²) >= 11 is 1.73. The number of hydrogen-bond donors (Lipinski definition) is 2. The molecule has 27 heavy (non-hydrogen) atoms. The first-order valence-corrected chi connectivity index (χ1v) is 9.50. The van der Waals surface area contributed by atoms with E-state index in [2.05, 4.69) is 32.7 Å². The number of hydrogen-bond acceptors (Lipinski definition) is 5. The molecule has 0 fully saturated rings. The predicted octanol–water partition coefficient (Wildman–Crippen LogP) is 4.02. The summed E-state index contributed by atoms with van der Waals surface area (Å²) in [4.78, 5) is 10.2. The average molecular weight is 497 g/mol. The van der Waals surface area contributed by atoms with E-state index in [0.29, 0.717) is 6.54 Å². The van der Waals surface area contributed by atoms with E-state index in [4.69, 9.17) is 4.52 Å². The Labute approximate surface area is 180 Å². The molecule has 2 heterocycles. The number of aromatic nitrogens is 2. The van der Waals surface area contributed by atoms with Crippen LogP contribution in [0.3, 0.4) is 0 Å². The summed E-state index contributed by atoms with van der Waals surface area (Å²) in [5, 5.41) is 11.8. The van der Waals surface area contributed by atoms with Crippen LogP contribution in [0.25, 0.3) is 11.3 Å². The van der Waals surface area contributed by atoms with Gasteiger partial charge in [0.15, 0.2) is 11.7 Å². The fourth-order valence-electron chi connectivity index (χ4n) is 2.43. The van der Waals surface area contributed by atoms with Crippen LogP contribution in [0.5, 0.6) is 0 Å². The second kappa shape index (κ2) is 11.0. The third kappa shape index (κ3) is 6.62. The van der Waals surface area contributed by atoms with E-state index in [0.717, 1.165) is 47.5 Å². The van der Waals surface area contributed by atoms with Gasteiger partial charge in [0.2, 0.25) is 0 Å². The summed E-state index contributed by atoms with van der Waals surface area (Å²) in [6.07, 6.45) is 2.79. The smallest absolute Gasteiger partial charge is 0.191 e. The molecule has 0 saturated carbocycles. The Morgan fingerprint density at radius 2 is 2.04 bits per heavy atom. The molecule has 3 rings (SSSR count). The summed E-state index contributed by atoms with van der Waals surface area (Å²) in [5.74, 6) is 1.53. The summed E-state index contributed by atoms with van der Waals surface area (Å²) in [6, 6.07) is 11.9. The molecule has 2 N–H and O–H groups in total. The number of thiazole rings is 1. The molecule has 8 heteroatoms. The number of guanidine groups is 1. The van der Waals surface area contributed by atoms with E-state index >= 15 is 0 Å². The van der Waals surface area contributed by atoms with Gasteiger partial charge in [-0.3, -0.25) is 0 Å². The Balaban J connectivity index is 0.00000261. The molecule has 0 aliphatic carbocycles. The number of aliphatic imine (C=N–C) groups is 1. The Bertz CT molecular complexity index is 847. The fraction of sp³-hybridized carbons (Fsp3) is 0.316. The van der Waals surface area contributed by atoms with Crippen molar-refractivity contribution in [2.45, 2.75) is 26.8 Å². The molecule has 0 aliphatic rings. The van der Waals surface area contributed by atoms with Gasteiger partial charge < -0.3 is 15.2 Å². The largest absolute Gasteiger partial charge is 0.357 e. The van der Waals surface area contributed by atoms with Crippen LogP contribution in [0, 0.1) is 6.92 Å². The van der Waals surface area contributed by atoms with Gasteiger partial charge in [0.05, 0.1) is 11.6 Å². The zero-order valence-electron chi connectivity index (χ0n) is 15.4. The normalized spacial score (nSPS) is 11.1. The standard InChI is InChI=1S/C19H23N5OS.HI/c1-3-20-19(21-10-9-18-22-12-14(2)26-18)23-13-16-11-17(25-24-16)15-7-5-4-6-8-15;/h4-8,11-12H,3,9-10,13H2,1-2H3,(H2,20,21,23);1H. The lowest BCUT2D eigenvalue weighted by atomic mass is 10.2. The van der Waals surface area contributed by atoms with Crippen LogP contribution in [-0.4, -0.2) is 29.2 Å². The number of aryl methyl sites for hydroxylation is 1. The molecule has 0 unspecified atom stereocenters. The predicted molar refractivity (Wildman–Crippen MR) is 121 cm³/mol. The van der Waals surface area contributed by atoms with Crippen LogP contribution >= 0.6 is 35.3 Å². The lowest BCUT2D eigenvalue weighted by Gasteiger charge is -2.10. The molecular weight excluding hydrogens is 473 g/mol. The van der Waals surface area contributed by atoms with Gasteiger partial charge in [0, 0.05) is 42.2 Å². The Kier molecular flexibility index (Phi) is 8.73. The number of benzene rings is 1. The maximum atomic E-state index is 5.42. The molecule has 0 amide bonds. The van der Waals surface area contributed by atoms with Crippen molar-refractivity contribution < 1.29 is 4.52 Å². The monoisotopic (exact) mass is 497 g/mol. The third-order valence-electron chi connectivity index (χ3n) is 3.66. The third-order valence-corrected chi connectivity index (χ3v) is 4.63. The molecule has 0 radical (unpaired) electrons. The van der Waals surface area contributed by atoms with Gasteiger partial charge >= 0.3 is 0 Å². The lowest BCUT2D eigenvalue weighted by molar-refractivity contribution is 0.424. The SMILES string of the molecule is CCNC(=NCc1cc(-c2ccccc2)on1)NCCc1ncc(C)s1.I. The molecule has 1 aromatic carbocycles. The first kappa shape index (κ1) is 21.4. The second-order valence-electron chi connectivity index (χ2n) is 5.79. The average Bonchev–Trinajstić information content (AvgIpc) is 3.29. The van der Waals surface area contributed by atoms with E-state index in [1.165, 1.54) is 4.88 Å². The van der Waals surface area contributed by atoms with Crippen molar-refractivity contribution >= 4 is 41.3 Å². The highest BCUT2D eigenvalue weighted by molar-refractivity contribution is 14.0. The number of rotatable bonds is 7. The quantitative estimate of drug-likeness (QED) is 0.293. The van der Waals surface area contributed by atoms with E-state index < -0.39 is 0 Å². The molecule has 3 aromatic rings. The lowest BCUT2D eigenvalue weighted by Crippen LogP contribution is -2.38. The highest BCUT2D eigenvalue weighted by atomic mass is 127. The summed E-state index contributed by atoms with van der Waals surface area (Å²) in [6.45, 7) is 6.16. The Morgan fingerprint density at radius 1 is 1.22 bits per heavy atom.